The topological polar surface area (TPSA) is 470 Å². The Bertz CT molecular complexity index is 3910. The summed E-state index contributed by atoms with van der Waals surface area (Å²) < 4.78 is 77.0. The Morgan fingerprint density at radius 1 is 0.892 bits per heavy atom. The van der Waals surface area contributed by atoms with Gasteiger partial charge in [0.1, 0.15) is 49.4 Å². The summed E-state index contributed by atoms with van der Waals surface area (Å²) in [6, 6.07) is 15.8. The SMILES string of the molecule is CCN=c1cc2oc3cc(NCC)c(C)cc3c(-c3cc(C(=O)NCCOc4ccc(C(=O)OCc5cn([C@H]6CC(OCN=[N+]=[N-])[C@@H](COP(=O)(O)OP(=O)(O)OP(=O)(O)O)O6)c(=O)[nH]c5=O)c(CN=[N+]=[N-])c4)ccc3C(=O)O)c-2cc1C. The summed E-state index contributed by atoms with van der Waals surface area (Å²) in [7, 11) is -17.3. The molecule has 440 valence electrons. The van der Waals surface area contributed by atoms with E-state index in [1.165, 1.54) is 36.4 Å². The number of carbonyl (C=O) groups is 3. The number of aromatic amines is 1. The molecule has 4 aromatic rings. The molecule has 8 N–H and O–H groups in total. The van der Waals surface area contributed by atoms with Crippen LogP contribution in [-0.2, 0) is 54.2 Å². The van der Waals surface area contributed by atoms with E-state index in [9.17, 15) is 52.6 Å². The van der Waals surface area contributed by atoms with Crippen molar-refractivity contribution in [1.29, 1.82) is 0 Å². The molecule has 7 rings (SSSR count). The number of anilines is 1. The van der Waals surface area contributed by atoms with Crippen LogP contribution in [-0.4, -0.2) is 104 Å². The average molecular weight is 1210 g/mol. The third-order valence-corrected chi connectivity index (χ3v) is 16.0. The van der Waals surface area contributed by atoms with Crippen LogP contribution in [0.2, 0.25) is 0 Å². The van der Waals surface area contributed by atoms with E-state index in [2.05, 4.69) is 48.8 Å². The Morgan fingerprint density at radius 3 is 2.34 bits per heavy atom. The van der Waals surface area contributed by atoms with Gasteiger partial charge in [0, 0.05) is 75.4 Å². The minimum absolute atomic E-state index is 0.0590. The number of ether oxygens (including phenoxy) is 4. The number of H-pyrrole nitrogens is 1. The zero-order valence-corrected chi connectivity index (χ0v) is 46.8. The van der Waals surface area contributed by atoms with Crippen LogP contribution in [0.25, 0.3) is 54.3 Å². The molecule has 0 radical (unpaired) electrons. The zero-order chi connectivity index (χ0) is 60.4. The maximum Gasteiger partial charge on any atom is 0.490 e. The van der Waals surface area contributed by atoms with Crippen LogP contribution in [0.5, 0.6) is 5.75 Å². The molecule has 0 bridgehead atoms. The van der Waals surface area contributed by atoms with Gasteiger partial charge in [0.25, 0.3) is 11.5 Å². The highest BCUT2D eigenvalue weighted by molar-refractivity contribution is 7.66. The molecule has 1 aromatic heterocycles. The van der Waals surface area contributed by atoms with Gasteiger partial charge in [-0.15, -0.1) is 0 Å². The number of hydrogen-bond donors (Lipinski definition) is 8. The first-order valence-electron chi connectivity index (χ1n) is 24.6. The van der Waals surface area contributed by atoms with E-state index in [1.54, 1.807) is 0 Å². The minimum atomic E-state index is -5.89. The van der Waals surface area contributed by atoms with E-state index in [0.717, 1.165) is 27.6 Å². The van der Waals surface area contributed by atoms with Crippen LogP contribution in [0.1, 0.15) is 79.8 Å². The third-order valence-electron chi connectivity index (χ3n) is 12.2. The number of carboxylic acid groups (broad SMARTS) is 1. The number of amides is 1. The number of azide groups is 2. The van der Waals surface area contributed by atoms with Crippen LogP contribution in [0.4, 0.5) is 5.69 Å². The summed E-state index contributed by atoms with van der Waals surface area (Å²) in [5.41, 5.74) is 19.9. The van der Waals surface area contributed by atoms with Gasteiger partial charge in [-0.1, -0.05) is 10.2 Å². The van der Waals surface area contributed by atoms with Gasteiger partial charge in [-0.2, -0.15) is 8.62 Å². The number of aryl methyl sites for hydroxylation is 2. The molecule has 83 heavy (non-hydrogen) atoms. The molecular formula is C48H52N11O21P3. The normalized spacial score (nSPS) is 16.8. The number of fused-ring (bicyclic) bond motifs is 2. The van der Waals surface area contributed by atoms with Crippen molar-refractivity contribution in [2.24, 2.45) is 15.2 Å². The van der Waals surface area contributed by atoms with Crippen molar-refractivity contribution in [3.05, 3.63) is 153 Å². The minimum Gasteiger partial charge on any atom is -0.492 e. The van der Waals surface area contributed by atoms with Crippen molar-refractivity contribution in [3.63, 3.8) is 0 Å². The number of phosphoric acid groups is 3. The fourth-order valence-electron chi connectivity index (χ4n) is 8.70. The van der Waals surface area contributed by atoms with Crippen LogP contribution >= 0.6 is 23.5 Å². The predicted octanol–water partition coefficient (Wildman–Crippen LogP) is 6.98. The van der Waals surface area contributed by atoms with Crippen molar-refractivity contribution in [3.8, 4) is 28.2 Å². The highest BCUT2D eigenvalue weighted by Crippen LogP contribution is 2.66. The summed E-state index contributed by atoms with van der Waals surface area (Å²) in [6.07, 6.45) is -3.46. The monoisotopic (exact) mass is 1210 g/mol. The number of aromatic carboxylic acids is 1. The van der Waals surface area contributed by atoms with Crippen LogP contribution in [0.15, 0.2) is 96.1 Å². The number of nitrogens with one attached hydrogen (secondary N) is 3. The van der Waals surface area contributed by atoms with Crippen molar-refractivity contribution in [2.75, 3.05) is 44.9 Å². The Hall–Kier alpha value is -8.01. The number of rotatable bonds is 26. The number of carboxylic acids is 1. The van der Waals surface area contributed by atoms with E-state index in [1.807, 2.05) is 56.9 Å². The molecule has 5 atom stereocenters. The smallest absolute Gasteiger partial charge is 0.490 e. The molecule has 3 aliphatic rings. The second-order valence-electron chi connectivity index (χ2n) is 17.9. The summed E-state index contributed by atoms with van der Waals surface area (Å²) >= 11 is 0. The molecule has 1 saturated heterocycles. The molecule has 2 aliphatic heterocycles. The molecule has 35 heteroatoms. The lowest BCUT2D eigenvalue weighted by Crippen LogP contribution is -2.34. The van der Waals surface area contributed by atoms with Gasteiger partial charge in [0.15, 0.2) is 0 Å². The number of carbonyl (C=O) groups excluding carboxylic acids is 2. The predicted molar refractivity (Wildman–Crippen MR) is 290 cm³/mol. The van der Waals surface area contributed by atoms with Crippen molar-refractivity contribution >= 4 is 58.0 Å². The lowest BCUT2D eigenvalue weighted by Gasteiger charge is -2.21. The summed E-state index contributed by atoms with van der Waals surface area (Å²) in [6.45, 7) is 5.82. The highest BCUT2D eigenvalue weighted by Gasteiger charge is 2.44. The standard InChI is InChI=1S/C48H52N11O21P3/c1-5-51-36-17-38-34(13-25(36)3)43(35-14-26(4)37(52-6-2)18-39(35)77-38)33-16-27(7-9-32(33)46(62)63)44(60)53-11-12-73-30-8-10-31(28(15-30)20-54-57-49)47(64)74-22-29-21-59(48(65)56-45(29)61)42-19-40(75-24-55-58-50)41(78-42)23-76-82(69,70)80-83(71,72)79-81(66,67)68/h7-10,13-18,21,40-42,51H,5-6,11-12,19-20,22-24H2,1-4H3,(H,53,60)(H,62,63)(H,69,70)(H,71,72)(H,56,61,65)(H2,66,67,68)/t40?,41-,42-/m1/s1. The molecule has 0 saturated carbocycles. The van der Waals surface area contributed by atoms with Gasteiger partial charge in [-0.05, 0) is 110 Å². The lowest BCUT2D eigenvalue weighted by molar-refractivity contribution is -0.0602. The molecule has 3 aromatic carbocycles. The number of phosphoric ester groups is 1. The first-order chi connectivity index (χ1) is 39.3. The van der Waals surface area contributed by atoms with Gasteiger partial charge in [-0.25, -0.2) is 28.1 Å². The number of hydrogen-bond acceptors (Lipinski definition) is 20. The number of esters is 1. The summed E-state index contributed by atoms with van der Waals surface area (Å²) in [5, 5.41) is 24.7. The Morgan fingerprint density at radius 2 is 1.64 bits per heavy atom. The van der Waals surface area contributed by atoms with Gasteiger partial charge in [0.2, 0.25) is 0 Å². The average Bonchev–Trinajstić information content (AvgIpc) is 1.85. The third kappa shape index (κ3) is 16.0. The fraction of sp³-hybridized carbons (Fsp3) is 0.333. The van der Waals surface area contributed by atoms with E-state index >= 15 is 0 Å². The Kier molecular flexibility index (Phi) is 20.3. The molecule has 1 fully saturated rings. The molecular weight excluding hydrogens is 1160 g/mol. The lowest BCUT2D eigenvalue weighted by atomic mass is 9.88. The van der Waals surface area contributed by atoms with Crippen molar-refractivity contribution < 1.29 is 89.3 Å². The summed E-state index contributed by atoms with van der Waals surface area (Å²) in [5.74, 6) is -2.19. The summed E-state index contributed by atoms with van der Waals surface area (Å²) in [4.78, 5) is 115. The van der Waals surface area contributed by atoms with Crippen LogP contribution in [0.3, 0.4) is 0 Å². The molecule has 0 spiro atoms. The Labute approximate surface area is 467 Å². The van der Waals surface area contributed by atoms with Crippen molar-refractivity contribution in [1.82, 2.24) is 14.9 Å². The number of nitrogens with zero attached hydrogens (tertiary/aromatic N) is 8. The molecule has 3 unspecified atom stereocenters. The Balaban J connectivity index is 1.04. The van der Waals surface area contributed by atoms with Gasteiger partial charge in [-0.3, -0.25) is 28.7 Å². The second kappa shape index (κ2) is 26.9. The van der Waals surface area contributed by atoms with Gasteiger partial charge in [0.05, 0.1) is 47.8 Å². The van der Waals surface area contributed by atoms with Gasteiger partial charge >= 0.3 is 41.1 Å². The molecule has 32 nitrogen and oxygen atoms in total. The fourth-order valence-corrected chi connectivity index (χ4v) is 11.7. The number of aromatic nitrogens is 2. The second-order valence-corrected chi connectivity index (χ2v) is 22.3. The first kappa shape index (κ1) is 62.6. The molecule has 3 heterocycles. The van der Waals surface area contributed by atoms with E-state index in [-0.39, 0.29) is 65.2 Å². The highest BCUT2D eigenvalue weighted by atomic mass is 31.3. The van der Waals surface area contributed by atoms with Crippen LogP contribution in [0, 0.1) is 13.8 Å². The van der Waals surface area contributed by atoms with Crippen LogP contribution < -0.4 is 32.0 Å². The molecule has 1 aliphatic carbocycles. The molecule has 1 amide bonds. The first-order valence-corrected chi connectivity index (χ1v) is 29.1. The maximum absolute atomic E-state index is 13.8. The van der Waals surface area contributed by atoms with E-state index < -0.39 is 90.9 Å². The maximum atomic E-state index is 13.8. The number of benzene rings is 4. The van der Waals surface area contributed by atoms with Gasteiger partial charge < -0.3 is 58.7 Å². The quantitative estimate of drug-likeness (QED) is 0.00516. The van der Waals surface area contributed by atoms with E-state index in [4.69, 9.17) is 44.2 Å². The zero-order valence-electron chi connectivity index (χ0n) is 44.1. The largest absolute Gasteiger partial charge is 0.492 e. The van der Waals surface area contributed by atoms with E-state index in [0.29, 0.717) is 46.3 Å². The van der Waals surface area contributed by atoms with Crippen molar-refractivity contribution in [2.45, 2.75) is 65.7 Å².